The number of para-hydroxylation sites is 1. The predicted molar refractivity (Wildman–Crippen MR) is 70.6 cm³/mol. The lowest BCUT2D eigenvalue weighted by molar-refractivity contribution is 0.0690. The standard InChI is InChI=1S/C13H13ClN2O3/c1-2-16-7-10(13(17)18)15-12(16)8-19-11-6-4-3-5-9(11)14/h3-7H,2,8H2,1H3,(H,17,18). The Bertz CT molecular complexity index is 595. The van der Waals surface area contributed by atoms with Crippen LogP contribution in [0.2, 0.25) is 5.02 Å². The van der Waals surface area contributed by atoms with E-state index in [4.69, 9.17) is 21.4 Å². The van der Waals surface area contributed by atoms with Crippen molar-refractivity contribution in [3.8, 4) is 5.75 Å². The fourth-order valence-electron chi connectivity index (χ4n) is 1.65. The van der Waals surface area contributed by atoms with Gasteiger partial charge < -0.3 is 14.4 Å². The number of imidazole rings is 1. The third-order valence-corrected chi connectivity index (χ3v) is 2.92. The van der Waals surface area contributed by atoms with Crippen molar-refractivity contribution in [3.05, 3.63) is 47.0 Å². The third-order valence-electron chi connectivity index (χ3n) is 2.61. The van der Waals surface area contributed by atoms with Crippen LogP contribution in [-0.4, -0.2) is 20.6 Å². The Labute approximate surface area is 115 Å². The Morgan fingerprint density at radius 2 is 2.21 bits per heavy atom. The molecule has 100 valence electrons. The summed E-state index contributed by atoms with van der Waals surface area (Å²) in [4.78, 5) is 14.9. The number of hydrogen-bond acceptors (Lipinski definition) is 3. The molecule has 1 aromatic carbocycles. The molecular weight excluding hydrogens is 268 g/mol. The number of ether oxygens (including phenoxy) is 1. The fraction of sp³-hybridized carbons (Fsp3) is 0.231. The van der Waals surface area contributed by atoms with Gasteiger partial charge in [-0.2, -0.15) is 0 Å². The summed E-state index contributed by atoms with van der Waals surface area (Å²) in [5.41, 5.74) is 0.0135. The van der Waals surface area contributed by atoms with E-state index in [1.807, 2.05) is 19.1 Å². The van der Waals surface area contributed by atoms with Crippen LogP contribution in [0.3, 0.4) is 0 Å². The van der Waals surface area contributed by atoms with Gasteiger partial charge in [0.1, 0.15) is 18.2 Å². The minimum atomic E-state index is -1.05. The van der Waals surface area contributed by atoms with Crippen molar-refractivity contribution in [1.29, 1.82) is 0 Å². The second kappa shape index (κ2) is 5.75. The zero-order chi connectivity index (χ0) is 13.8. The van der Waals surface area contributed by atoms with Gasteiger partial charge in [-0.1, -0.05) is 23.7 Å². The minimum absolute atomic E-state index is 0.0135. The van der Waals surface area contributed by atoms with Crippen LogP contribution < -0.4 is 4.74 Å². The number of hydrogen-bond donors (Lipinski definition) is 1. The highest BCUT2D eigenvalue weighted by atomic mass is 35.5. The van der Waals surface area contributed by atoms with Gasteiger partial charge in [-0.15, -0.1) is 0 Å². The van der Waals surface area contributed by atoms with Crippen molar-refractivity contribution in [2.24, 2.45) is 0 Å². The first kappa shape index (κ1) is 13.4. The first-order valence-electron chi connectivity index (χ1n) is 5.78. The minimum Gasteiger partial charge on any atom is -0.484 e. The van der Waals surface area contributed by atoms with Crippen molar-refractivity contribution in [2.45, 2.75) is 20.1 Å². The maximum atomic E-state index is 10.9. The Morgan fingerprint density at radius 1 is 1.47 bits per heavy atom. The number of halogens is 1. The van der Waals surface area contributed by atoms with Crippen LogP contribution in [0, 0.1) is 0 Å². The van der Waals surface area contributed by atoms with Gasteiger partial charge in [-0.05, 0) is 19.1 Å². The van der Waals surface area contributed by atoms with Crippen LogP contribution in [-0.2, 0) is 13.2 Å². The molecule has 0 amide bonds. The number of benzene rings is 1. The first-order valence-corrected chi connectivity index (χ1v) is 6.16. The Kier molecular flexibility index (Phi) is 4.06. The molecule has 5 nitrogen and oxygen atoms in total. The number of aryl methyl sites for hydroxylation is 1. The zero-order valence-corrected chi connectivity index (χ0v) is 11.1. The molecule has 0 aliphatic rings. The molecular formula is C13H13ClN2O3. The van der Waals surface area contributed by atoms with Gasteiger partial charge >= 0.3 is 5.97 Å². The number of aromatic carboxylic acids is 1. The SMILES string of the molecule is CCn1cc(C(=O)O)nc1COc1ccccc1Cl. The van der Waals surface area contributed by atoms with Gasteiger partial charge in [-0.3, -0.25) is 0 Å². The largest absolute Gasteiger partial charge is 0.484 e. The molecule has 1 N–H and O–H groups in total. The van der Waals surface area contributed by atoms with Crippen LogP contribution in [0.25, 0.3) is 0 Å². The molecule has 0 saturated carbocycles. The molecule has 0 bridgehead atoms. The van der Waals surface area contributed by atoms with Gasteiger partial charge in [-0.25, -0.2) is 9.78 Å². The molecule has 0 aliphatic carbocycles. The predicted octanol–water partition coefficient (Wildman–Crippen LogP) is 2.83. The molecule has 19 heavy (non-hydrogen) atoms. The molecule has 0 unspecified atom stereocenters. The average Bonchev–Trinajstić information content (AvgIpc) is 2.81. The number of aromatic nitrogens is 2. The van der Waals surface area contributed by atoms with Crippen molar-refractivity contribution >= 4 is 17.6 Å². The number of nitrogens with zero attached hydrogens (tertiary/aromatic N) is 2. The van der Waals surface area contributed by atoms with E-state index in [-0.39, 0.29) is 12.3 Å². The summed E-state index contributed by atoms with van der Waals surface area (Å²) in [5, 5.41) is 9.42. The molecule has 0 aliphatic heterocycles. The Morgan fingerprint density at radius 3 is 2.84 bits per heavy atom. The quantitative estimate of drug-likeness (QED) is 0.915. The van der Waals surface area contributed by atoms with Crippen LogP contribution in [0.15, 0.2) is 30.5 Å². The Hall–Kier alpha value is -2.01. The highest BCUT2D eigenvalue weighted by molar-refractivity contribution is 6.32. The topological polar surface area (TPSA) is 64.4 Å². The van der Waals surface area contributed by atoms with Gasteiger partial charge in [0.15, 0.2) is 5.69 Å². The second-order valence-corrected chi connectivity index (χ2v) is 4.26. The van der Waals surface area contributed by atoms with Crippen molar-refractivity contribution < 1.29 is 14.6 Å². The summed E-state index contributed by atoms with van der Waals surface area (Å²) in [5.74, 6) is 0.0534. The van der Waals surface area contributed by atoms with E-state index in [1.165, 1.54) is 6.20 Å². The van der Waals surface area contributed by atoms with E-state index < -0.39 is 5.97 Å². The van der Waals surface area contributed by atoms with E-state index in [0.29, 0.717) is 23.1 Å². The van der Waals surface area contributed by atoms with E-state index in [2.05, 4.69) is 4.98 Å². The molecule has 2 rings (SSSR count). The van der Waals surface area contributed by atoms with Gasteiger partial charge in [0, 0.05) is 12.7 Å². The normalized spacial score (nSPS) is 10.4. The Balaban J connectivity index is 2.15. The zero-order valence-electron chi connectivity index (χ0n) is 10.3. The summed E-state index contributed by atoms with van der Waals surface area (Å²) in [6.07, 6.45) is 1.49. The monoisotopic (exact) mass is 280 g/mol. The fourth-order valence-corrected chi connectivity index (χ4v) is 1.84. The number of carbonyl (C=O) groups is 1. The van der Waals surface area contributed by atoms with Gasteiger partial charge in [0.2, 0.25) is 0 Å². The molecule has 0 atom stereocenters. The summed E-state index contributed by atoms with van der Waals surface area (Å²) in [7, 11) is 0. The lowest BCUT2D eigenvalue weighted by atomic mass is 10.3. The van der Waals surface area contributed by atoms with Crippen LogP contribution in [0.4, 0.5) is 0 Å². The van der Waals surface area contributed by atoms with E-state index >= 15 is 0 Å². The van der Waals surface area contributed by atoms with Crippen molar-refractivity contribution in [1.82, 2.24) is 9.55 Å². The molecule has 1 aromatic heterocycles. The van der Waals surface area contributed by atoms with Crippen LogP contribution in [0.5, 0.6) is 5.75 Å². The number of carboxylic acid groups (broad SMARTS) is 1. The van der Waals surface area contributed by atoms with Crippen molar-refractivity contribution in [2.75, 3.05) is 0 Å². The molecule has 1 heterocycles. The maximum absolute atomic E-state index is 10.9. The maximum Gasteiger partial charge on any atom is 0.356 e. The molecule has 0 fully saturated rings. The molecule has 0 saturated heterocycles. The average molecular weight is 281 g/mol. The third kappa shape index (κ3) is 3.06. The first-order chi connectivity index (χ1) is 9.11. The molecule has 2 aromatic rings. The van der Waals surface area contributed by atoms with E-state index in [0.717, 1.165) is 0 Å². The van der Waals surface area contributed by atoms with Gasteiger partial charge in [0.25, 0.3) is 0 Å². The summed E-state index contributed by atoms with van der Waals surface area (Å²) >= 11 is 5.97. The highest BCUT2D eigenvalue weighted by Gasteiger charge is 2.13. The highest BCUT2D eigenvalue weighted by Crippen LogP contribution is 2.24. The van der Waals surface area contributed by atoms with Crippen LogP contribution in [0.1, 0.15) is 23.2 Å². The van der Waals surface area contributed by atoms with Crippen molar-refractivity contribution in [3.63, 3.8) is 0 Å². The van der Waals surface area contributed by atoms with Crippen LogP contribution >= 0.6 is 11.6 Å². The lowest BCUT2D eigenvalue weighted by Crippen LogP contribution is -2.05. The smallest absolute Gasteiger partial charge is 0.356 e. The number of carboxylic acids is 1. The summed E-state index contributed by atoms with van der Waals surface area (Å²) in [6, 6.07) is 7.10. The second-order valence-electron chi connectivity index (χ2n) is 3.85. The van der Waals surface area contributed by atoms with E-state index in [1.54, 1.807) is 16.7 Å². The summed E-state index contributed by atoms with van der Waals surface area (Å²) in [6.45, 7) is 2.71. The van der Waals surface area contributed by atoms with Gasteiger partial charge in [0.05, 0.1) is 5.02 Å². The summed E-state index contributed by atoms with van der Waals surface area (Å²) < 4.78 is 7.29. The van der Waals surface area contributed by atoms with E-state index in [9.17, 15) is 4.79 Å². The molecule has 0 radical (unpaired) electrons. The molecule has 0 spiro atoms. The number of rotatable bonds is 5. The molecule has 6 heteroatoms. The lowest BCUT2D eigenvalue weighted by Gasteiger charge is -2.08.